The lowest BCUT2D eigenvalue weighted by Gasteiger charge is -1.99. The third-order valence-electron chi connectivity index (χ3n) is 3.25. The predicted molar refractivity (Wildman–Crippen MR) is 77.8 cm³/mol. The van der Waals surface area contributed by atoms with E-state index >= 15 is 0 Å². The summed E-state index contributed by atoms with van der Waals surface area (Å²) in [5.74, 6) is 2.14. The van der Waals surface area contributed by atoms with Crippen molar-refractivity contribution in [3.63, 3.8) is 0 Å². The number of aryl methyl sites for hydroxylation is 3. The zero-order valence-electron chi connectivity index (χ0n) is 11.8. The first kappa shape index (κ1) is 13.1. The Bertz CT molecular complexity index is 725. The van der Waals surface area contributed by atoms with Crippen molar-refractivity contribution in [2.75, 3.05) is 0 Å². The number of hydrogen-bond acceptors (Lipinski definition) is 5. The third kappa shape index (κ3) is 2.38. The van der Waals surface area contributed by atoms with Gasteiger partial charge in [-0.2, -0.15) is 0 Å². The van der Waals surface area contributed by atoms with Gasteiger partial charge in [-0.25, -0.2) is 4.98 Å². The van der Waals surface area contributed by atoms with Crippen LogP contribution in [-0.2, 0) is 13.0 Å². The molecule has 0 aliphatic carbocycles. The van der Waals surface area contributed by atoms with Gasteiger partial charge in [0.05, 0.1) is 4.88 Å². The fraction of sp³-hybridized carbons (Fsp3) is 0.357. The Labute approximate surface area is 121 Å². The van der Waals surface area contributed by atoms with Crippen LogP contribution in [0.15, 0.2) is 22.9 Å². The van der Waals surface area contributed by atoms with Gasteiger partial charge in [0.2, 0.25) is 5.89 Å². The number of thiophene rings is 1. The summed E-state index contributed by atoms with van der Waals surface area (Å²) < 4.78 is 7.73. The highest BCUT2D eigenvalue weighted by Crippen LogP contribution is 2.30. The molecule has 0 spiro atoms. The summed E-state index contributed by atoms with van der Waals surface area (Å²) in [7, 11) is 0. The molecule has 0 fully saturated rings. The molecular formula is C14H16N4OS. The van der Waals surface area contributed by atoms with Crippen molar-refractivity contribution in [2.45, 2.75) is 33.7 Å². The summed E-state index contributed by atoms with van der Waals surface area (Å²) in [6.07, 6.45) is 4.71. The summed E-state index contributed by atoms with van der Waals surface area (Å²) in [6.45, 7) is 6.78. The number of imidazole rings is 1. The Kier molecular flexibility index (Phi) is 3.40. The number of aromatic nitrogens is 4. The third-order valence-corrected chi connectivity index (χ3v) is 4.62. The van der Waals surface area contributed by atoms with Crippen LogP contribution in [-0.4, -0.2) is 19.7 Å². The van der Waals surface area contributed by atoms with Crippen LogP contribution < -0.4 is 0 Å². The van der Waals surface area contributed by atoms with Gasteiger partial charge in [0.25, 0.3) is 5.89 Å². The van der Waals surface area contributed by atoms with Crippen molar-refractivity contribution < 1.29 is 4.42 Å². The SMILES string of the molecule is CCc1sc(-c2nnc(Cn3ccnc3C)o2)cc1C. The van der Waals surface area contributed by atoms with Crippen LogP contribution in [0, 0.1) is 13.8 Å². The van der Waals surface area contributed by atoms with E-state index in [9.17, 15) is 0 Å². The molecule has 3 aromatic rings. The molecular weight excluding hydrogens is 272 g/mol. The average Bonchev–Trinajstić information content (AvgIpc) is 3.12. The molecule has 0 aliphatic rings. The van der Waals surface area contributed by atoms with E-state index in [0.29, 0.717) is 18.3 Å². The summed E-state index contributed by atoms with van der Waals surface area (Å²) in [5, 5.41) is 8.26. The second-order valence-electron chi connectivity index (χ2n) is 4.67. The maximum Gasteiger partial charge on any atom is 0.257 e. The van der Waals surface area contributed by atoms with Crippen molar-refractivity contribution in [1.82, 2.24) is 19.7 Å². The van der Waals surface area contributed by atoms with Gasteiger partial charge in [0, 0.05) is 17.3 Å². The van der Waals surface area contributed by atoms with Crippen LogP contribution in [0.1, 0.15) is 29.1 Å². The Morgan fingerprint density at radius 2 is 2.15 bits per heavy atom. The Hall–Kier alpha value is -1.95. The van der Waals surface area contributed by atoms with Gasteiger partial charge in [-0.15, -0.1) is 21.5 Å². The molecule has 6 heteroatoms. The minimum absolute atomic E-state index is 0.559. The molecule has 5 nitrogen and oxygen atoms in total. The number of nitrogens with zero attached hydrogens (tertiary/aromatic N) is 4. The van der Waals surface area contributed by atoms with E-state index in [1.807, 2.05) is 17.7 Å². The van der Waals surface area contributed by atoms with E-state index in [0.717, 1.165) is 17.1 Å². The zero-order chi connectivity index (χ0) is 14.1. The first-order valence-corrected chi connectivity index (χ1v) is 7.38. The zero-order valence-corrected chi connectivity index (χ0v) is 12.6. The molecule has 104 valence electrons. The predicted octanol–water partition coefficient (Wildman–Crippen LogP) is 3.22. The van der Waals surface area contributed by atoms with E-state index in [2.05, 4.69) is 35.1 Å². The van der Waals surface area contributed by atoms with Crippen molar-refractivity contribution in [3.8, 4) is 10.8 Å². The standard InChI is InChI=1S/C14H16N4OS/c1-4-11-9(2)7-12(20-11)14-17-16-13(19-14)8-18-6-5-15-10(18)3/h5-7H,4,8H2,1-3H3. The number of rotatable bonds is 4. The highest BCUT2D eigenvalue weighted by atomic mass is 32.1. The highest BCUT2D eigenvalue weighted by Gasteiger charge is 2.13. The molecule has 0 saturated heterocycles. The van der Waals surface area contributed by atoms with Crippen molar-refractivity contribution >= 4 is 11.3 Å². The lowest BCUT2D eigenvalue weighted by molar-refractivity contribution is 0.486. The van der Waals surface area contributed by atoms with E-state index in [-0.39, 0.29) is 0 Å². The Morgan fingerprint density at radius 1 is 1.30 bits per heavy atom. The van der Waals surface area contributed by atoms with Crippen LogP contribution in [0.25, 0.3) is 10.8 Å². The fourth-order valence-electron chi connectivity index (χ4n) is 2.11. The molecule has 3 aromatic heterocycles. The maximum absolute atomic E-state index is 5.75. The van der Waals surface area contributed by atoms with Crippen molar-refractivity contribution in [1.29, 1.82) is 0 Å². The van der Waals surface area contributed by atoms with Gasteiger partial charge < -0.3 is 8.98 Å². The lowest BCUT2D eigenvalue weighted by atomic mass is 10.2. The largest absolute Gasteiger partial charge is 0.418 e. The molecule has 20 heavy (non-hydrogen) atoms. The topological polar surface area (TPSA) is 56.7 Å². The van der Waals surface area contributed by atoms with Gasteiger partial charge in [-0.1, -0.05) is 6.92 Å². The summed E-state index contributed by atoms with van der Waals surface area (Å²) in [4.78, 5) is 6.59. The van der Waals surface area contributed by atoms with Crippen LogP contribution >= 0.6 is 11.3 Å². The van der Waals surface area contributed by atoms with Crippen LogP contribution in [0.3, 0.4) is 0 Å². The molecule has 0 atom stereocenters. The van der Waals surface area contributed by atoms with E-state index < -0.39 is 0 Å². The molecule has 3 rings (SSSR count). The van der Waals surface area contributed by atoms with Crippen LogP contribution in [0.4, 0.5) is 0 Å². The van der Waals surface area contributed by atoms with Crippen molar-refractivity contribution in [3.05, 3.63) is 40.6 Å². The Morgan fingerprint density at radius 3 is 2.80 bits per heavy atom. The van der Waals surface area contributed by atoms with E-state index in [1.54, 1.807) is 17.5 Å². The molecule has 0 radical (unpaired) electrons. The smallest absolute Gasteiger partial charge is 0.257 e. The van der Waals surface area contributed by atoms with Crippen LogP contribution in [0.5, 0.6) is 0 Å². The molecule has 0 bridgehead atoms. The highest BCUT2D eigenvalue weighted by molar-refractivity contribution is 7.15. The minimum Gasteiger partial charge on any atom is -0.418 e. The monoisotopic (exact) mass is 288 g/mol. The summed E-state index contributed by atoms with van der Waals surface area (Å²) in [5.41, 5.74) is 1.29. The average molecular weight is 288 g/mol. The lowest BCUT2D eigenvalue weighted by Crippen LogP contribution is -2.00. The number of hydrogen-bond donors (Lipinski definition) is 0. The van der Waals surface area contributed by atoms with Gasteiger partial charge >= 0.3 is 0 Å². The molecule has 3 heterocycles. The molecule has 0 aliphatic heterocycles. The fourth-order valence-corrected chi connectivity index (χ4v) is 3.15. The summed E-state index contributed by atoms with van der Waals surface area (Å²) >= 11 is 1.72. The quantitative estimate of drug-likeness (QED) is 0.739. The Balaban J connectivity index is 1.84. The normalized spacial score (nSPS) is 11.2. The second kappa shape index (κ2) is 5.20. The molecule has 0 amide bonds. The molecule has 0 aromatic carbocycles. The van der Waals surface area contributed by atoms with Crippen LogP contribution in [0.2, 0.25) is 0 Å². The minimum atomic E-state index is 0.559. The second-order valence-corrected chi connectivity index (χ2v) is 5.81. The van der Waals surface area contributed by atoms with Gasteiger partial charge in [-0.05, 0) is 31.9 Å². The van der Waals surface area contributed by atoms with Gasteiger partial charge in [0.15, 0.2) is 0 Å². The molecule has 0 unspecified atom stereocenters. The first-order valence-electron chi connectivity index (χ1n) is 6.57. The van der Waals surface area contributed by atoms with Gasteiger partial charge in [0.1, 0.15) is 12.4 Å². The maximum atomic E-state index is 5.75. The van der Waals surface area contributed by atoms with E-state index in [1.165, 1.54) is 10.4 Å². The molecule has 0 saturated carbocycles. The van der Waals surface area contributed by atoms with E-state index in [4.69, 9.17) is 4.42 Å². The molecule has 0 N–H and O–H groups in total. The van der Waals surface area contributed by atoms with Crippen molar-refractivity contribution in [2.24, 2.45) is 0 Å². The first-order chi connectivity index (χ1) is 9.67. The summed E-state index contributed by atoms with van der Waals surface area (Å²) in [6, 6.07) is 2.11. The van der Waals surface area contributed by atoms with Gasteiger partial charge in [-0.3, -0.25) is 0 Å².